The smallest absolute Gasteiger partial charge is 0.0794 e. The van der Waals surface area contributed by atoms with E-state index in [0.29, 0.717) is 0 Å². The van der Waals surface area contributed by atoms with E-state index in [2.05, 4.69) is 17.1 Å². The van der Waals surface area contributed by atoms with Gasteiger partial charge in [0.2, 0.25) is 0 Å². The van der Waals surface area contributed by atoms with Gasteiger partial charge in [0, 0.05) is 19.8 Å². The molecule has 0 amide bonds. The molecule has 1 aliphatic rings. The van der Waals surface area contributed by atoms with Crippen molar-refractivity contribution in [1.82, 2.24) is 10.2 Å². The molecule has 0 atom stereocenters. The van der Waals surface area contributed by atoms with Crippen LogP contribution in [0.3, 0.4) is 0 Å². The van der Waals surface area contributed by atoms with Gasteiger partial charge < -0.3 is 10.4 Å². The minimum absolute atomic E-state index is 0.0672. The lowest BCUT2D eigenvalue weighted by Crippen LogP contribution is -2.53. The van der Waals surface area contributed by atoms with Gasteiger partial charge in [-0.1, -0.05) is 19.8 Å². The Morgan fingerprint density at radius 1 is 1.42 bits per heavy atom. The minimum Gasteiger partial charge on any atom is -0.390 e. The van der Waals surface area contributed by atoms with E-state index in [1.807, 2.05) is 0 Å². The maximum Gasteiger partial charge on any atom is 0.0794 e. The minimum atomic E-state index is -0.0672. The average Bonchev–Trinajstić information content (AvgIpc) is 2.00. The van der Waals surface area contributed by atoms with E-state index in [1.54, 1.807) is 0 Å². The van der Waals surface area contributed by atoms with Gasteiger partial charge in [-0.25, -0.2) is 0 Å². The van der Waals surface area contributed by atoms with Crippen molar-refractivity contribution >= 4 is 0 Å². The first-order valence-corrected chi connectivity index (χ1v) is 4.94. The van der Waals surface area contributed by atoms with Crippen LogP contribution in [0.15, 0.2) is 0 Å². The maximum absolute atomic E-state index is 8.99. The fraction of sp³-hybridized carbons (Fsp3) is 1.00. The molecule has 2 N–H and O–H groups in total. The Kier molecular flexibility index (Phi) is 4.58. The van der Waals surface area contributed by atoms with Gasteiger partial charge >= 0.3 is 0 Å². The highest BCUT2D eigenvalue weighted by atomic mass is 16.3. The van der Waals surface area contributed by atoms with Crippen LogP contribution in [0, 0.1) is 0 Å². The number of rotatable bonds is 6. The predicted octanol–water partition coefficient (Wildman–Crippen LogP) is 0.400. The molecule has 0 aromatic carbocycles. The Balaban J connectivity index is 1.77. The van der Waals surface area contributed by atoms with Crippen LogP contribution >= 0.6 is 0 Å². The summed E-state index contributed by atoms with van der Waals surface area (Å²) < 4.78 is 0. The number of aliphatic hydroxyl groups is 1. The van der Waals surface area contributed by atoms with Gasteiger partial charge in [0.25, 0.3) is 0 Å². The molecule has 3 heteroatoms. The third-order valence-corrected chi connectivity index (χ3v) is 2.23. The molecule has 0 unspecified atom stereocenters. The molecule has 0 saturated carbocycles. The molecular formula is C9H20N2O. The first-order valence-electron chi connectivity index (χ1n) is 4.94. The fourth-order valence-electron chi connectivity index (χ4n) is 1.41. The molecule has 72 valence electrons. The van der Waals surface area contributed by atoms with E-state index in [1.165, 1.54) is 19.3 Å². The summed E-state index contributed by atoms with van der Waals surface area (Å²) in [6.07, 6.45) is 3.80. The van der Waals surface area contributed by atoms with Crippen molar-refractivity contribution in [2.75, 3.05) is 26.3 Å². The lowest BCUT2D eigenvalue weighted by Gasteiger charge is -2.35. The molecule has 0 bridgehead atoms. The molecule has 0 spiro atoms. The second-order valence-electron chi connectivity index (χ2n) is 3.56. The molecule has 1 heterocycles. The zero-order valence-electron chi connectivity index (χ0n) is 7.92. The molecule has 1 saturated heterocycles. The highest BCUT2D eigenvalue weighted by molar-refractivity contribution is 4.77. The number of hydrogen-bond donors (Lipinski definition) is 2. The van der Waals surface area contributed by atoms with Crippen LogP contribution in [0.1, 0.15) is 26.2 Å². The Morgan fingerprint density at radius 3 is 2.75 bits per heavy atom. The van der Waals surface area contributed by atoms with Gasteiger partial charge in [-0.2, -0.15) is 0 Å². The van der Waals surface area contributed by atoms with Gasteiger partial charge in [-0.3, -0.25) is 4.90 Å². The molecule has 3 nitrogen and oxygen atoms in total. The monoisotopic (exact) mass is 172 g/mol. The molecule has 0 aromatic rings. The van der Waals surface area contributed by atoms with E-state index in [4.69, 9.17) is 5.11 Å². The third kappa shape index (κ3) is 3.52. The molecule has 0 aromatic heterocycles. The molecule has 12 heavy (non-hydrogen) atoms. The number of likely N-dealkylation sites (tertiary alicyclic amines) is 1. The van der Waals surface area contributed by atoms with E-state index < -0.39 is 0 Å². The van der Waals surface area contributed by atoms with E-state index in [9.17, 15) is 0 Å². The van der Waals surface area contributed by atoms with Crippen LogP contribution < -0.4 is 5.32 Å². The second-order valence-corrected chi connectivity index (χ2v) is 3.56. The number of β-amino-alcohol motifs (C(OH)–C–C–N with tert-alkyl or cyclic N) is 1. The average molecular weight is 172 g/mol. The summed E-state index contributed by atoms with van der Waals surface area (Å²) >= 11 is 0. The van der Waals surface area contributed by atoms with Crippen molar-refractivity contribution in [1.29, 1.82) is 0 Å². The quantitative estimate of drug-likeness (QED) is 0.569. The largest absolute Gasteiger partial charge is 0.390 e. The highest BCUT2D eigenvalue weighted by Gasteiger charge is 2.22. The summed E-state index contributed by atoms with van der Waals surface area (Å²) in [5.74, 6) is 0. The normalized spacial score (nSPS) is 19.5. The molecule has 1 rings (SSSR count). The number of nitrogens with zero attached hydrogens (tertiary/aromatic N) is 1. The lowest BCUT2D eigenvalue weighted by molar-refractivity contribution is -0.00228. The van der Waals surface area contributed by atoms with Crippen molar-refractivity contribution in [2.24, 2.45) is 0 Å². The zero-order valence-corrected chi connectivity index (χ0v) is 7.92. The second kappa shape index (κ2) is 5.51. The van der Waals surface area contributed by atoms with Gasteiger partial charge in [0.15, 0.2) is 0 Å². The number of unbranched alkanes of at least 4 members (excludes halogenated alkanes) is 2. The van der Waals surface area contributed by atoms with Gasteiger partial charge in [0.1, 0.15) is 0 Å². The summed E-state index contributed by atoms with van der Waals surface area (Å²) in [6, 6.07) is 0. The molecule has 1 aliphatic heterocycles. The summed E-state index contributed by atoms with van der Waals surface area (Å²) in [5, 5.41) is 12.3. The summed E-state index contributed by atoms with van der Waals surface area (Å²) in [7, 11) is 0. The molecule has 1 fully saturated rings. The van der Waals surface area contributed by atoms with Crippen LogP contribution in [-0.2, 0) is 0 Å². The molecular weight excluding hydrogens is 152 g/mol. The van der Waals surface area contributed by atoms with Gasteiger partial charge in [0.05, 0.1) is 6.10 Å². The van der Waals surface area contributed by atoms with E-state index in [-0.39, 0.29) is 6.10 Å². The lowest BCUT2D eigenvalue weighted by atomic mass is 10.2. The van der Waals surface area contributed by atoms with Crippen molar-refractivity contribution in [2.45, 2.75) is 32.3 Å². The molecule has 0 radical (unpaired) electrons. The maximum atomic E-state index is 8.99. The first-order chi connectivity index (χ1) is 5.83. The Morgan fingerprint density at radius 2 is 2.17 bits per heavy atom. The van der Waals surface area contributed by atoms with Crippen LogP contribution in [0.5, 0.6) is 0 Å². The topological polar surface area (TPSA) is 35.5 Å². The highest BCUT2D eigenvalue weighted by Crippen LogP contribution is 2.04. The van der Waals surface area contributed by atoms with Gasteiger partial charge in [-0.15, -0.1) is 0 Å². The van der Waals surface area contributed by atoms with Crippen molar-refractivity contribution < 1.29 is 5.11 Å². The third-order valence-electron chi connectivity index (χ3n) is 2.23. The first kappa shape index (κ1) is 9.96. The Bertz CT molecular complexity index is 113. The van der Waals surface area contributed by atoms with Crippen LogP contribution in [-0.4, -0.2) is 42.4 Å². The number of nitrogens with one attached hydrogen (secondary N) is 1. The van der Waals surface area contributed by atoms with Crippen molar-refractivity contribution in [3.63, 3.8) is 0 Å². The van der Waals surface area contributed by atoms with Crippen LogP contribution in [0.25, 0.3) is 0 Å². The fourth-order valence-corrected chi connectivity index (χ4v) is 1.41. The zero-order chi connectivity index (χ0) is 8.81. The van der Waals surface area contributed by atoms with E-state index in [0.717, 1.165) is 26.3 Å². The van der Waals surface area contributed by atoms with Crippen molar-refractivity contribution in [3.05, 3.63) is 0 Å². The summed E-state index contributed by atoms with van der Waals surface area (Å²) in [4.78, 5) is 2.22. The van der Waals surface area contributed by atoms with Crippen LogP contribution in [0.2, 0.25) is 0 Å². The number of aliphatic hydroxyl groups excluding tert-OH is 1. The van der Waals surface area contributed by atoms with Gasteiger partial charge in [-0.05, 0) is 13.0 Å². The van der Waals surface area contributed by atoms with Crippen LogP contribution in [0.4, 0.5) is 0 Å². The molecule has 0 aliphatic carbocycles. The van der Waals surface area contributed by atoms with Crippen molar-refractivity contribution in [3.8, 4) is 0 Å². The summed E-state index contributed by atoms with van der Waals surface area (Å²) in [6.45, 7) is 5.97. The summed E-state index contributed by atoms with van der Waals surface area (Å²) in [5.41, 5.74) is 0. The van der Waals surface area contributed by atoms with E-state index >= 15 is 0 Å². The Labute approximate surface area is 74.8 Å². The predicted molar refractivity (Wildman–Crippen MR) is 50.0 cm³/mol. The number of hydrogen-bond acceptors (Lipinski definition) is 3. The standard InChI is InChI=1S/C9H20N2O/c1-2-3-4-5-10-8-11-6-9(12)7-11/h9-10,12H,2-8H2,1H3. The Hall–Kier alpha value is -0.120. The SMILES string of the molecule is CCCCCNCN1CC(O)C1.